The number of ether oxygens (including phenoxy) is 4. The third kappa shape index (κ3) is 4.10. The predicted octanol–water partition coefficient (Wildman–Crippen LogP) is 0.137. The van der Waals surface area contributed by atoms with Crippen molar-refractivity contribution in [1.82, 2.24) is 0 Å². The molecule has 2 bridgehead atoms. The highest BCUT2D eigenvalue weighted by atomic mass is 16.7. The number of aliphatic hydroxyl groups is 2. The average molecular weight is 353 g/mol. The van der Waals surface area contributed by atoms with E-state index in [-0.39, 0.29) is 0 Å². The zero-order valence-corrected chi connectivity index (χ0v) is 14.0. The fraction of sp³-hybridized carbons (Fsp3) is 0.588. The highest BCUT2D eigenvalue weighted by molar-refractivity contribution is 5.90. The van der Waals surface area contributed by atoms with Crippen LogP contribution >= 0.6 is 0 Å². The van der Waals surface area contributed by atoms with Crippen LogP contribution < -0.4 is 5.32 Å². The van der Waals surface area contributed by atoms with E-state index in [1.165, 1.54) is 7.11 Å². The summed E-state index contributed by atoms with van der Waals surface area (Å²) in [5, 5.41) is 23.5. The minimum Gasteiger partial charge on any atom is -0.465 e. The number of hydrogen-bond donors (Lipinski definition) is 3. The Morgan fingerprint density at radius 1 is 1.28 bits per heavy atom. The van der Waals surface area contributed by atoms with Crippen molar-refractivity contribution < 1.29 is 34.0 Å². The minimum absolute atomic E-state index is 0.318. The molecule has 8 nitrogen and oxygen atoms in total. The van der Waals surface area contributed by atoms with E-state index < -0.39 is 36.7 Å². The van der Waals surface area contributed by atoms with E-state index >= 15 is 0 Å². The topological polar surface area (TPSA) is 106 Å². The number of esters is 1. The standard InChI is InChI=1S/C17H23NO7/c1-22-16(21)10-4-2-5-11(8-10)18-9-12-15-13(19)14(20)17(25-12)24-7-3-6-23-15/h2,4-5,8,12-15,17-20H,3,6-7,9H2,1H3. The molecule has 0 aromatic heterocycles. The van der Waals surface area contributed by atoms with E-state index in [0.717, 1.165) is 0 Å². The van der Waals surface area contributed by atoms with Gasteiger partial charge in [0.05, 0.1) is 19.3 Å². The van der Waals surface area contributed by atoms with Crippen molar-refractivity contribution in [3.8, 4) is 0 Å². The van der Waals surface area contributed by atoms with Crippen LogP contribution in [-0.4, -0.2) is 73.8 Å². The van der Waals surface area contributed by atoms with Crippen molar-refractivity contribution in [2.45, 2.75) is 37.1 Å². The Labute approximate surface area is 145 Å². The van der Waals surface area contributed by atoms with Crippen molar-refractivity contribution in [3.05, 3.63) is 29.8 Å². The van der Waals surface area contributed by atoms with Gasteiger partial charge in [0, 0.05) is 18.8 Å². The van der Waals surface area contributed by atoms with E-state index in [1.54, 1.807) is 18.2 Å². The van der Waals surface area contributed by atoms with Gasteiger partial charge in [-0.2, -0.15) is 0 Å². The third-order valence-corrected chi connectivity index (χ3v) is 4.31. The Balaban J connectivity index is 1.68. The second kappa shape index (κ2) is 8.11. The van der Waals surface area contributed by atoms with E-state index in [2.05, 4.69) is 5.32 Å². The summed E-state index contributed by atoms with van der Waals surface area (Å²) in [6.07, 6.45) is -3.64. The lowest BCUT2D eigenvalue weighted by molar-refractivity contribution is -0.291. The second-order valence-electron chi connectivity index (χ2n) is 6.04. The molecule has 0 aliphatic carbocycles. The monoisotopic (exact) mass is 353 g/mol. The summed E-state index contributed by atoms with van der Waals surface area (Å²) >= 11 is 0. The molecule has 138 valence electrons. The van der Waals surface area contributed by atoms with Gasteiger partial charge in [-0.25, -0.2) is 4.79 Å². The smallest absolute Gasteiger partial charge is 0.337 e. The molecule has 3 N–H and O–H groups in total. The van der Waals surface area contributed by atoms with Crippen molar-refractivity contribution in [1.29, 1.82) is 0 Å². The van der Waals surface area contributed by atoms with E-state index in [9.17, 15) is 15.0 Å². The number of aliphatic hydroxyl groups excluding tert-OH is 2. The van der Waals surface area contributed by atoms with Crippen LogP contribution in [0, 0.1) is 0 Å². The molecule has 1 aromatic rings. The van der Waals surface area contributed by atoms with Gasteiger partial charge in [-0.3, -0.25) is 0 Å². The Kier molecular flexibility index (Phi) is 5.87. The third-order valence-electron chi connectivity index (χ3n) is 4.31. The predicted molar refractivity (Wildman–Crippen MR) is 87.3 cm³/mol. The van der Waals surface area contributed by atoms with Crippen molar-refractivity contribution in [2.24, 2.45) is 0 Å². The number of fused-ring (bicyclic) bond motifs is 6. The molecule has 5 unspecified atom stereocenters. The molecule has 3 aliphatic rings. The Morgan fingerprint density at radius 2 is 2.08 bits per heavy atom. The molecule has 0 amide bonds. The van der Waals surface area contributed by atoms with Crippen LogP contribution in [0.4, 0.5) is 5.69 Å². The van der Waals surface area contributed by atoms with Gasteiger partial charge in [-0.15, -0.1) is 0 Å². The Bertz CT molecular complexity index is 594. The lowest BCUT2D eigenvalue weighted by Crippen LogP contribution is -2.60. The molecular weight excluding hydrogens is 330 g/mol. The van der Waals surface area contributed by atoms with Crippen LogP contribution in [0.25, 0.3) is 0 Å². The number of carbonyl (C=O) groups is 1. The second-order valence-corrected chi connectivity index (χ2v) is 6.04. The number of benzene rings is 1. The van der Waals surface area contributed by atoms with Gasteiger partial charge >= 0.3 is 5.97 Å². The lowest BCUT2D eigenvalue weighted by atomic mass is 9.98. The molecule has 3 fully saturated rings. The van der Waals surface area contributed by atoms with Gasteiger partial charge in [0.25, 0.3) is 0 Å². The highest BCUT2D eigenvalue weighted by Gasteiger charge is 2.46. The zero-order valence-electron chi connectivity index (χ0n) is 14.0. The molecule has 0 spiro atoms. The zero-order chi connectivity index (χ0) is 17.8. The van der Waals surface area contributed by atoms with Gasteiger partial charge in [-0.05, 0) is 24.6 Å². The number of hydrogen-bond acceptors (Lipinski definition) is 8. The van der Waals surface area contributed by atoms with Crippen molar-refractivity contribution >= 4 is 11.7 Å². The van der Waals surface area contributed by atoms with Gasteiger partial charge < -0.3 is 34.5 Å². The Morgan fingerprint density at radius 3 is 2.88 bits per heavy atom. The van der Waals surface area contributed by atoms with Crippen molar-refractivity contribution in [2.75, 3.05) is 32.2 Å². The number of methoxy groups -OCH3 is 1. The van der Waals surface area contributed by atoms with Crippen LogP contribution in [0.2, 0.25) is 0 Å². The van der Waals surface area contributed by atoms with E-state index in [0.29, 0.717) is 37.4 Å². The van der Waals surface area contributed by atoms with Gasteiger partial charge in [0.15, 0.2) is 6.29 Å². The van der Waals surface area contributed by atoms with Crippen molar-refractivity contribution in [3.63, 3.8) is 0 Å². The van der Waals surface area contributed by atoms with Crippen LogP contribution in [0.15, 0.2) is 24.3 Å². The van der Waals surface area contributed by atoms with Gasteiger partial charge in [-0.1, -0.05) is 6.07 Å². The summed E-state index contributed by atoms with van der Waals surface area (Å²) < 4.78 is 21.6. The fourth-order valence-electron chi connectivity index (χ4n) is 2.98. The molecule has 8 heteroatoms. The molecule has 1 aromatic carbocycles. The van der Waals surface area contributed by atoms with Gasteiger partial charge in [0.1, 0.15) is 24.4 Å². The van der Waals surface area contributed by atoms with Crippen LogP contribution in [0.1, 0.15) is 16.8 Å². The quantitative estimate of drug-likeness (QED) is 0.656. The van der Waals surface area contributed by atoms with Crippen LogP contribution in [-0.2, 0) is 18.9 Å². The SMILES string of the molecule is COC(=O)c1cccc(NCC2OC3OCCCOC2C(O)C3O)c1. The van der Waals surface area contributed by atoms with Crippen LogP contribution in [0.5, 0.6) is 0 Å². The first-order valence-electron chi connectivity index (χ1n) is 8.27. The molecule has 25 heavy (non-hydrogen) atoms. The fourth-order valence-corrected chi connectivity index (χ4v) is 2.98. The number of rotatable bonds is 4. The molecule has 3 aliphatic heterocycles. The number of nitrogens with one attached hydrogen (secondary N) is 1. The molecule has 3 saturated heterocycles. The molecular formula is C17H23NO7. The number of carbonyl (C=O) groups excluding carboxylic acids is 1. The molecule has 3 heterocycles. The van der Waals surface area contributed by atoms with E-state index in [4.69, 9.17) is 18.9 Å². The summed E-state index contributed by atoms with van der Waals surface area (Å²) in [5.41, 5.74) is 1.14. The maximum absolute atomic E-state index is 11.6. The maximum atomic E-state index is 11.6. The summed E-state index contributed by atoms with van der Waals surface area (Å²) in [6.45, 7) is 1.13. The summed E-state index contributed by atoms with van der Waals surface area (Å²) in [4.78, 5) is 11.6. The largest absolute Gasteiger partial charge is 0.465 e. The first kappa shape index (κ1) is 18.1. The molecule has 0 saturated carbocycles. The first-order chi connectivity index (χ1) is 12.1. The van der Waals surface area contributed by atoms with Gasteiger partial charge in [0.2, 0.25) is 0 Å². The lowest BCUT2D eigenvalue weighted by Gasteiger charge is -2.41. The summed E-state index contributed by atoms with van der Waals surface area (Å²) in [5.74, 6) is -0.420. The minimum atomic E-state index is -1.15. The molecule has 5 atom stereocenters. The summed E-state index contributed by atoms with van der Waals surface area (Å²) in [7, 11) is 1.33. The first-order valence-corrected chi connectivity index (χ1v) is 8.27. The highest BCUT2D eigenvalue weighted by Crippen LogP contribution is 2.26. The summed E-state index contributed by atoms with van der Waals surface area (Å²) in [6, 6.07) is 6.87. The number of anilines is 1. The molecule has 4 rings (SSSR count). The van der Waals surface area contributed by atoms with Crippen LogP contribution in [0.3, 0.4) is 0 Å². The maximum Gasteiger partial charge on any atom is 0.337 e. The van der Waals surface area contributed by atoms with E-state index in [1.807, 2.05) is 6.07 Å². The average Bonchev–Trinajstić information content (AvgIpc) is 2.78. The molecule has 0 radical (unpaired) electrons. The normalized spacial score (nSPS) is 32.4. The Hall–Kier alpha value is -1.71.